The van der Waals surface area contributed by atoms with Crippen molar-refractivity contribution >= 4 is 39.3 Å². The van der Waals surface area contributed by atoms with Crippen LogP contribution in [0.4, 0.5) is 11.4 Å². The Bertz CT molecular complexity index is 1800. The Kier molecular flexibility index (Phi) is 5.69. The molecule has 1 aliphatic heterocycles. The summed E-state index contributed by atoms with van der Waals surface area (Å²) in [6.07, 6.45) is 10.6. The number of amides is 1. The molecule has 1 aliphatic rings. The molecule has 39 heavy (non-hydrogen) atoms. The summed E-state index contributed by atoms with van der Waals surface area (Å²) in [5.74, 6) is 0.449. The van der Waals surface area contributed by atoms with Crippen LogP contribution < -0.4 is 10.2 Å². The number of hydrogen-bond acceptors (Lipinski definition) is 7. The predicted molar refractivity (Wildman–Crippen MR) is 150 cm³/mol. The number of anilines is 2. The third-order valence-corrected chi connectivity index (χ3v) is 7.07. The molecule has 0 spiro atoms. The third-order valence-electron chi connectivity index (χ3n) is 7.07. The van der Waals surface area contributed by atoms with Gasteiger partial charge in [-0.2, -0.15) is 5.10 Å². The van der Waals surface area contributed by atoms with Crippen LogP contribution in [0.5, 0.6) is 0 Å². The van der Waals surface area contributed by atoms with Crippen LogP contribution in [-0.4, -0.2) is 54.1 Å². The summed E-state index contributed by atoms with van der Waals surface area (Å²) in [5.41, 5.74) is 6.85. The first-order valence-corrected chi connectivity index (χ1v) is 13.0. The number of piperidine rings is 1. The summed E-state index contributed by atoms with van der Waals surface area (Å²) >= 11 is 0. The average Bonchev–Trinajstić information content (AvgIpc) is 3.62. The first kappa shape index (κ1) is 23.0. The highest BCUT2D eigenvalue weighted by molar-refractivity contribution is 6.04. The lowest BCUT2D eigenvalue weighted by Gasteiger charge is -2.28. The summed E-state index contributed by atoms with van der Waals surface area (Å²) in [6.45, 7) is 2.07. The number of H-pyrrole nitrogens is 2. The fourth-order valence-electron chi connectivity index (χ4n) is 5.10. The van der Waals surface area contributed by atoms with E-state index >= 15 is 0 Å². The normalized spacial score (nSPS) is 13.7. The molecule has 10 nitrogen and oxygen atoms in total. The number of aromatic nitrogens is 7. The number of aromatic amines is 2. The summed E-state index contributed by atoms with van der Waals surface area (Å²) in [6, 6.07) is 14.9. The van der Waals surface area contributed by atoms with Crippen molar-refractivity contribution in [1.29, 1.82) is 0 Å². The van der Waals surface area contributed by atoms with Gasteiger partial charge in [0.1, 0.15) is 11.2 Å². The van der Waals surface area contributed by atoms with E-state index in [0.717, 1.165) is 40.8 Å². The molecule has 0 unspecified atom stereocenters. The molecule has 3 N–H and O–H groups in total. The van der Waals surface area contributed by atoms with E-state index in [0.29, 0.717) is 34.1 Å². The number of hydrogen-bond donors (Lipinski definition) is 3. The Morgan fingerprint density at radius 1 is 0.949 bits per heavy atom. The molecular formula is C29H25N9O. The molecule has 1 aromatic carbocycles. The lowest BCUT2D eigenvalue weighted by atomic mass is 10.1. The van der Waals surface area contributed by atoms with Crippen molar-refractivity contribution in [2.45, 2.75) is 19.3 Å². The number of fused-ring (bicyclic) bond motifs is 2. The summed E-state index contributed by atoms with van der Waals surface area (Å²) in [7, 11) is 0. The van der Waals surface area contributed by atoms with Gasteiger partial charge in [-0.15, -0.1) is 0 Å². The zero-order valence-corrected chi connectivity index (χ0v) is 21.1. The molecule has 6 heterocycles. The van der Waals surface area contributed by atoms with Crippen molar-refractivity contribution in [2.24, 2.45) is 0 Å². The van der Waals surface area contributed by atoms with Gasteiger partial charge >= 0.3 is 0 Å². The zero-order valence-electron chi connectivity index (χ0n) is 21.1. The van der Waals surface area contributed by atoms with Gasteiger partial charge in [-0.25, -0.2) is 9.97 Å². The number of carbonyl (C=O) groups is 1. The van der Waals surface area contributed by atoms with Crippen LogP contribution in [0, 0.1) is 0 Å². The van der Waals surface area contributed by atoms with E-state index in [9.17, 15) is 4.79 Å². The number of nitrogens with one attached hydrogen (secondary N) is 3. The van der Waals surface area contributed by atoms with Gasteiger partial charge in [-0.3, -0.25) is 19.9 Å². The smallest absolute Gasteiger partial charge is 0.255 e. The van der Waals surface area contributed by atoms with Crippen LogP contribution in [0.1, 0.15) is 29.6 Å². The minimum absolute atomic E-state index is 0.197. The standard InChI is InChI=1S/C29H25N9O/c39-29(18-7-3-1-4-8-18)33-20-13-19(15-30-16-20)22-14-21-23(17-32-22)36-37-25(21)28-34-26-24(9-10-31-27(26)35-28)38-11-5-2-6-12-38/h1,3-4,7-10,13-17H,2,5-6,11-12H2,(H,33,39)(H,36,37)(H,31,34,35). The van der Waals surface area contributed by atoms with Crippen molar-refractivity contribution in [3.05, 3.63) is 78.9 Å². The molecule has 1 saturated heterocycles. The van der Waals surface area contributed by atoms with Crippen molar-refractivity contribution in [3.8, 4) is 22.8 Å². The molecule has 192 valence electrons. The topological polar surface area (TPSA) is 128 Å². The first-order chi connectivity index (χ1) is 19.2. The Morgan fingerprint density at radius 2 is 1.82 bits per heavy atom. The van der Waals surface area contributed by atoms with Crippen LogP contribution in [-0.2, 0) is 0 Å². The van der Waals surface area contributed by atoms with Gasteiger partial charge in [0.2, 0.25) is 0 Å². The number of carbonyl (C=O) groups excluding carboxylic acids is 1. The molecule has 0 radical (unpaired) electrons. The number of pyridine rings is 3. The van der Waals surface area contributed by atoms with Crippen molar-refractivity contribution in [2.75, 3.05) is 23.3 Å². The maximum atomic E-state index is 12.6. The van der Waals surface area contributed by atoms with Gasteiger partial charge in [-0.1, -0.05) is 18.2 Å². The Morgan fingerprint density at radius 3 is 2.69 bits per heavy atom. The van der Waals surface area contributed by atoms with Gasteiger partial charge in [0.25, 0.3) is 5.91 Å². The second-order valence-corrected chi connectivity index (χ2v) is 9.63. The van der Waals surface area contributed by atoms with Crippen molar-refractivity contribution in [3.63, 3.8) is 0 Å². The summed E-state index contributed by atoms with van der Waals surface area (Å²) in [4.78, 5) is 36.7. The molecule has 7 rings (SSSR count). The van der Waals surface area contributed by atoms with Crippen LogP contribution >= 0.6 is 0 Å². The van der Waals surface area contributed by atoms with Crippen LogP contribution in [0.2, 0.25) is 0 Å². The summed E-state index contributed by atoms with van der Waals surface area (Å²) in [5, 5.41) is 11.4. The fraction of sp³-hybridized carbons (Fsp3) is 0.172. The number of nitrogens with zero attached hydrogens (tertiary/aromatic N) is 6. The molecular weight excluding hydrogens is 490 g/mol. The van der Waals surface area contributed by atoms with Crippen molar-refractivity contribution < 1.29 is 4.79 Å². The lowest BCUT2D eigenvalue weighted by Crippen LogP contribution is -2.29. The number of rotatable bonds is 5. The quantitative estimate of drug-likeness (QED) is 0.288. The average molecular weight is 516 g/mol. The zero-order chi connectivity index (χ0) is 26.2. The maximum Gasteiger partial charge on any atom is 0.255 e. The van der Waals surface area contributed by atoms with Gasteiger partial charge in [0.15, 0.2) is 11.5 Å². The maximum absolute atomic E-state index is 12.6. The molecule has 0 aliphatic carbocycles. The highest BCUT2D eigenvalue weighted by Gasteiger charge is 2.19. The van der Waals surface area contributed by atoms with E-state index in [1.807, 2.05) is 36.5 Å². The van der Waals surface area contributed by atoms with Crippen molar-refractivity contribution in [1.82, 2.24) is 35.1 Å². The van der Waals surface area contributed by atoms with E-state index < -0.39 is 0 Å². The van der Waals surface area contributed by atoms with Gasteiger partial charge in [0, 0.05) is 42.0 Å². The molecule has 1 amide bonds. The summed E-state index contributed by atoms with van der Waals surface area (Å²) < 4.78 is 0. The second-order valence-electron chi connectivity index (χ2n) is 9.63. The second kappa shape index (κ2) is 9.64. The van der Waals surface area contributed by atoms with Crippen LogP contribution in [0.25, 0.3) is 44.8 Å². The monoisotopic (exact) mass is 515 g/mol. The van der Waals surface area contributed by atoms with E-state index in [-0.39, 0.29) is 5.91 Å². The molecule has 1 fully saturated rings. The number of benzene rings is 1. The first-order valence-electron chi connectivity index (χ1n) is 13.0. The predicted octanol–water partition coefficient (Wildman–Crippen LogP) is 5.20. The largest absolute Gasteiger partial charge is 0.370 e. The Hall–Kier alpha value is -5.12. The molecule has 0 atom stereocenters. The van der Waals surface area contributed by atoms with Gasteiger partial charge in [0.05, 0.1) is 35.0 Å². The van der Waals surface area contributed by atoms with E-state index in [1.165, 1.54) is 19.3 Å². The molecule has 0 saturated carbocycles. The van der Waals surface area contributed by atoms with E-state index in [1.54, 1.807) is 30.7 Å². The highest BCUT2D eigenvalue weighted by atomic mass is 16.1. The molecule has 10 heteroatoms. The molecule has 6 aromatic rings. The van der Waals surface area contributed by atoms with E-state index in [4.69, 9.17) is 4.98 Å². The SMILES string of the molecule is O=C(Nc1cncc(-c2cc3c(-c4nc5nccc(N6CCCCC6)c5[nH]4)n[nH]c3cn2)c1)c1ccccc1. The van der Waals surface area contributed by atoms with Crippen LogP contribution in [0.15, 0.2) is 73.3 Å². The van der Waals surface area contributed by atoms with Crippen LogP contribution in [0.3, 0.4) is 0 Å². The lowest BCUT2D eigenvalue weighted by molar-refractivity contribution is 0.102. The minimum atomic E-state index is -0.197. The molecule has 0 bridgehead atoms. The molecule has 5 aromatic heterocycles. The van der Waals surface area contributed by atoms with Gasteiger partial charge < -0.3 is 15.2 Å². The Balaban J connectivity index is 1.22. The third kappa shape index (κ3) is 4.35. The highest BCUT2D eigenvalue weighted by Crippen LogP contribution is 2.32. The Labute approximate surface area is 223 Å². The number of imidazole rings is 1. The van der Waals surface area contributed by atoms with E-state index in [2.05, 4.69) is 46.4 Å². The van der Waals surface area contributed by atoms with Gasteiger partial charge in [-0.05, 0) is 49.6 Å². The fourth-order valence-corrected chi connectivity index (χ4v) is 5.10. The minimum Gasteiger partial charge on any atom is -0.370 e.